The normalized spacial score (nSPS) is 10.2. The molecule has 0 heterocycles. The van der Waals surface area contributed by atoms with Gasteiger partial charge in [-0.1, -0.05) is 51.9 Å². The molecule has 2 aromatic carbocycles. The predicted octanol–water partition coefficient (Wildman–Crippen LogP) is 4.32. The van der Waals surface area contributed by atoms with Crippen molar-refractivity contribution in [3.63, 3.8) is 0 Å². The molecule has 0 aliphatic rings. The maximum atomic E-state index is 6.12. The number of hydrogen-bond donors (Lipinski definition) is 1. The van der Waals surface area contributed by atoms with Gasteiger partial charge >= 0.3 is 0 Å². The van der Waals surface area contributed by atoms with Gasteiger partial charge in [-0.3, -0.25) is 0 Å². The smallest absolute Gasteiger partial charge is 0.138 e. The van der Waals surface area contributed by atoms with Crippen LogP contribution in [-0.4, -0.2) is 4.99 Å². The topological polar surface area (TPSA) is 35.2 Å². The van der Waals surface area contributed by atoms with Crippen LogP contribution >= 0.6 is 39.7 Å². The largest absolute Gasteiger partial charge is 0.487 e. The van der Waals surface area contributed by atoms with Crippen molar-refractivity contribution in [2.45, 2.75) is 6.61 Å². The Hall–Kier alpha value is -1.10. The van der Waals surface area contributed by atoms with Gasteiger partial charge in [-0.15, -0.1) is 0 Å². The number of thiocarbonyl (C=S) groups is 1. The van der Waals surface area contributed by atoms with E-state index in [1.165, 1.54) is 0 Å². The molecule has 0 aliphatic heterocycles. The standard InChI is InChI=1S/C14H11BrClNOS/c15-11-4-1-9(2-5-11)8-18-13-6-3-10(14(17)19)7-12(13)16/h1-7H,8H2,(H2,17,19). The van der Waals surface area contributed by atoms with E-state index in [1.54, 1.807) is 18.2 Å². The number of nitrogens with two attached hydrogens (primary N) is 1. The minimum Gasteiger partial charge on any atom is -0.487 e. The van der Waals surface area contributed by atoms with E-state index in [9.17, 15) is 0 Å². The van der Waals surface area contributed by atoms with Crippen LogP contribution in [0.3, 0.4) is 0 Å². The van der Waals surface area contributed by atoms with Crippen LogP contribution in [0.2, 0.25) is 5.02 Å². The van der Waals surface area contributed by atoms with Crippen LogP contribution in [0.4, 0.5) is 0 Å². The van der Waals surface area contributed by atoms with Crippen molar-refractivity contribution in [3.8, 4) is 5.75 Å². The number of halogens is 2. The second-order valence-corrected chi connectivity index (χ2v) is 5.69. The fourth-order valence-corrected chi connectivity index (χ4v) is 2.14. The summed E-state index contributed by atoms with van der Waals surface area (Å²) in [7, 11) is 0. The van der Waals surface area contributed by atoms with E-state index in [1.807, 2.05) is 24.3 Å². The SMILES string of the molecule is NC(=S)c1ccc(OCc2ccc(Br)cc2)c(Cl)c1. The number of hydrogen-bond acceptors (Lipinski definition) is 2. The Balaban J connectivity index is 2.07. The number of ether oxygens (including phenoxy) is 1. The summed E-state index contributed by atoms with van der Waals surface area (Å²) in [6.45, 7) is 0.458. The zero-order chi connectivity index (χ0) is 13.8. The average Bonchev–Trinajstić information content (AvgIpc) is 2.39. The Morgan fingerprint density at radius 1 is 1.21 bits per heavy atom. The van der Waals surface area contributed by atoms with Crippen LogP contribution < -0.4 is 10.5 Å². The number of rotatable bonds is 4. The molecule has 0 spiro atoms. The molecule has 0 radical (unpaired) electrons. The Morgan fingerprint density at radius 2 is 1.89 bits per heavy atom. The van der Waals surface area contributed by atoms with Gasteiger partial charge in [0, 0.05) is 10.0 Å². The molecule has 0 bridgehead atoms. The van der Waals surface area contributed by atoms with E-state index in [0.29, 0.717) is 22.4 Å². The third kappa shape index (κ3) is 3.93. The summed E-state index contributed by atoms with van der Waals surface area (Å²) in [5.74, 6) is 0.615. The predicted molar refractivity (Wildman–Crippen MR) is 85.8 cm³/mol. The first-order valence-electron chi connectivity index (χ1n) is 5.53. The molecule has 2 N–H and O–H groups in total. The summed E-state index contributed by atoms with van der Waals surface area (Å²) in [5, 5.41) is 0.502. The highest BCUT2D eigenvalue weighted by molar-refractivity contribution is 9.10. The van der Waals surface area contributed by atoms with Gasteiger partial charge in [-0.25, -0.2) is 0 Å². The van der Waals surface area contributed by atoms with Gasteiger partial charge < -0.3 is 10.5 Å². The summed E-state index contributed by atoms with van der Waals surface area (Å²) in [4.78, 5) is 0.321. The highest BCUT2D eigenvalue weighted by Crippen LogP contribution is 2.26. The van der Waals surface area contributed by atoms with E-state index in [4.69, 9.17) is 34.3 Å². The first-order chi connectivity index (χ1) is 9.06. The van der Waals surface area contributed by atoms with Gasteiger partial charge in [0.2, 0.25) is 0 Å². The molecule has 0 atom stereocenters. The van der Waals surface area contributed by atoms with Gasteiger partial charge in [-0.05, 0) is 35.9 Å². The molecular weight excluding hydrogens is 346 g/mol. The van der Waals surface area contributed by atoms with Crippen LogP contribution in [0.1, 0.15) is 11.1 Å². The summed E-state index contributed by atoms with van der Waals surface area (Å²) in [6, 6.07) is 13.2. The Kier molecular flexibility index (Phi) is 4.80. The third-order valence-corrected chi connectivity index (χ3v) is 3.58. The van der Waals surface area contributed by atoms with Crippen molar-refractivity contribution in [1.29, 1.82) is 0 Å². The third-order valence-electron chi connectivity index (χ3n) is 2.52. The molecule has 0 amide bonds. The second-order valence-electron chi connectivity index (χ2n) is 3.92. The fourth-order valence-electron chi connectivity index (χ4n) is 1.51. The Morgan fingerprint density at radius 3 is 2.47 bits per heavy atom. The Bertz CT molecular complexity index is 601. The second kappa shape index (κ2) is 6.37. The first kappa shape index (κ1) is 14.3. The van der Waals surface area contributed by atoms with E-state index in [-0.39, 0.29) is 0 Å². The van der Waals surface area contributed by atoms with Crippen LogP contribution in [0.25, 0.3) is 0 Å². The lowest BCUT2D eigenvalue weighted by atomic mass is 10.2. The number of benzene rings is 2. The lowest BCUT2D eigenvalue weighted by Crippen LogP contribution is -2.09. The molecule has 2 aromatic rings. The molecule has 0 saturated heterocycles. The molecule has 19 heavy (non-hydrogen) atoms. The molecule has 0 saturated carbocycles. The van der Waals surface area contributed by atoms with Crippen LogP contribution in [0.5, 0.6) is 5.75 Å². The highest BCUT2D eigenvalue weighted by Gasteiger charge is 2.05. The molecule has 0 aliphatic carbocycles. The lowest BCUT2D eigenvalue weighted by molar-refractivity contribution is 0.306. The van der Waals surface area contributed by atoms with Crippen molar-refractivity contribution >= 4 is 44.7 Å². The minimum atomic E-state index is 0.321. The van der Waals surface area contributed by atoms with Gasteiger partial charge in [-0.2, -0.15) is 0 Å². The van der Waals surface area contributed by atoms with E-state index in [2.05, 4.69) is 15.9 Å². The average molecular weight is 357 g/mol. The molecule has 2 rings (SSSR count). The highest BCUT2D eigenvalue weighted by atomic mass is 79.9. The van der Waals surface area contributed by atoms with Crippen LogP contribution in [0, 0.1) is 0 Å². The van der Waals surface area contributed by atoms with Crippen molar-refractivity contribution in [2.75, 3.05) is 0 Å². The van der Waals surface area contributed by atoms with Gasteiger partial charge in [0.1, 0.15) is 17.3 Å². The van der Waals surface area contributed by atoms with Crippen LogP contribution in [-0.2, 0) is 6.61 Å². The molecule has 5 heteroatoms. The molecule has 0 aromatic heterocycles. The summed E-state index contributed by atoms with van der Waals surface area (Å²) < 4.78 is 6.70. The fraction of sp³-hybridized carbons (Fsp3) is 0.0714. The quantitative estimate of drug-likeness (QED) is 0.829. The van der Waals surface area contributed by atoms with E-state index in [0.717, 1.165) is 15.6 Å². The van der Waals surface area contributed by atoms with Crippen molar-refractivity contribution < 1.29 is 4.74 Å². The zero-order valence-corrected chi connectivity index (χ0v) is 13.1. The maximum Gasteiger partial charge on any atom is 0.138 e. The zero-order valence-electron chi connectivity index (χ0n) is 9.90. The van der Waals surface area contributed by atoms with Gasteiger partial charge in [0.25, 0.3) is 0 Å². The van der Waals surface area contributed by atoms with Crippen molar-refractivity contribution in [2.24, 2.45) is 5.73 Å². The van der Waals surface area contributed by atoms with Crippen molar-refractivity contribution in [1.82, 2.24) is 0 Å². The molecular formula is C14H11BrClNOS. The Labute approximate surface area is 130 Å². The molecule has 98 valence electrons. The summed E-state index contributed by atoms with van der Waals surface area (Å²) in [6.07, 6.45) is 0. The molecule has 2 nitrogen and oxygen atoms in total. The minimum absolute atomic E-state index is 0.321. The maximum absolute atomic E-state index is 6.12. The van der Waals surface area contributed by atoms with Gasteiger partial charge in [0.15, 0.2) is 0 Å². The summed E-state index contributed by atoms with van der Waals surface area (Å²) in [5.41, 5.74) is 7.34. The van der Waals surface area contributed by atoms with E-state index < -0.39 is 0 Å². The molecule has 0 unspecified atom stereocenters. The molecule has 0 fully saturated rings. The van der Waals surface area contributed by atoms with Gasteiger partial charge in [0.05, 0.1) is 5.02 Å². The van der Waals surface area contributed by atoms with Crippen molar-refractivity contribution in [3.05, 3.63) is 63.1 Å². The first-order valence-corrected chi connectivity index (χ1v) is 7.11. The lowest BCUT2D eigenvalue weighted by Gasteiger charge is -2.09. The van der Waals surface area contributed by atoms with E-state index >= 15 is 0 Å². The summed E-state index contributed by atoms with van der Waals surface area (Å²) >= 11 is 14.4. The van der Waals surface area contributed by atoms with Crippen LogP contribution in [0.15, 0.2) is 46.9 Å². The monoisotopic (exact) mass is 355 g/mol.